The van der Waals surface area contributed by atoms with Gasteiger partial charge in [-0.1, -0.05) is 31.7 Å². The quantitative estimate of drug-likeness (QED) is 0.274. The minimum atomic E-state index is -0.481. The zero-order valence-electron chi connectivity index (χ0n) is 22.1. The lowest BCUT2D eigenvalue weighted by molar-refractivity contribution is -0.386. The summed E-state index contributed by atoms with van der Waals surface area (Å²) < 4.78 is 11.5. The second-order valence-corrected chi connectivity index (χ2v) is 9.36. The molecule has 0 amide bonds. The molecule has 3 aliphatic rings. The Morgan fingerprint density at radius 1 is 0.625 bits per heavy atom. The summed E-state index contributed by atoms with van der Waals surface area (Å²) in [5.41, 5.74) is 2.02. The fourth-order valence-electron chi connectivity index (χ4n) is 4.21. The molecule has 4 heterocycles. The SMILES string of the molecule is O=[N+]([O-])c1cc2ccc1OCc1cccc(n1)COc1ccc(cc1[N+](=O)[O-])C=NCCCCCCCCN=C2. The Labute approximate surface area is 231 Å². The van der Waals surface area contributed by atoms with E-state index in [1.54, 1.807) is 54.9 Å². The highest BCUT2D eigenvalue weighted by Gasteiger charge is 2.18. The van der Waals surface area contributed by atoms with Crippen molar-refractivity contribution in [3.05, 3.63) is 97.3 Å². The summed E-state index contributed by atoms with van der Waals surface area (Å²) in [6.45, 7) is 1.31. The largest absolute Gasteiger partial charge is 0.480 e. The van der Waals surface area contributed by atoms with Crippen molar-refractivity contribution >= 4 is 23.8 Å². The van der Waals surface area contributed by atoms with Crippen molar-refractivity contribution in [3.8, 4) is 11.5 Å². The van der Waals surface area contributed by atoms with Gasteiger partial charge in [-0.3, -0.25) is 35.2 Å². The first-order valence-electron chi connectivity index (χ1n) is 13.3. The number of nitro benzene ring substituents is 2. The molecular formula is C29H31N5O6. The number of nitro groups is 2. The van der Waals surface area contributed by atoms with Crippen molar-refractivity contribution < 1.29 is 19.3 Å². The van der Waals surface area contributed by atoms with Gasteiger partial charge in [0.15, 0.2) is 11.5 Å². The van der Waals surface area contributed by atoms with E-state index in [2.05, 4.69) is 15.0 Å². The lowest BCUT2D eigenvalue weighted by Gasteiger charge is -2.10. The summed E-state index contributed by atoms with van der Waals surface area (Å²) >= 11 is 0. The molecule has 6 bridgehead atoms. The molecule has 0 spiro atoms. The van der Waals surface area contributed by atoms with E-state index < -0.39 is 9.85 Å². The Balaban J connectivity index is 1.53. The molecular weight excluding hydrogens is 514 g/mol. The molecule has 2 aromatic carbocycles. The monoisotopic (exact) mass is 545 g/mol. The predicted molar refractivity (Wildman–Crippen MR) is 152 cm³/mol. The highest BCUT2D eigenvalue weighted by Crippen LogP contribution is 2.29. The van der Waals surface area contributed by atoms with Gasteiger partial charge in [-0.05, 0) is 60.4 Å². The van der Waals surface area contributed by atoms with Gasteiger partial charge in [-0.15, -0.1) is 0 Å². The van der Waals surface area contributed by atoms with E-state index in [1.807, 2.05) is 0 Å². The zero-order chi connectivity index (χ0) is 28.2. The maximum Gasteiger partial charge on any atom is 0.311 e. The number of fused-ring (bicyclic) bond motifs is 2. The number of aliphatic imine (C=N–C) groups is 2. The average molecular weight is 546 g/mol. The Bertz CT molecular complexity index is 1290. The second-order valence-electron chi connectivity index (χ2n) is 9.36. The highest BCUT2D eigenvalue weighted by atomic mass is 16.6. The number of nitrogens with zero attached hydrogens (tertiary/aromatic N) is 5. The molecule has 0 N–H and O–H groups in total. The number of hydrogen-bond acceptors (Lipinski definition) is 9. The molecule has 6 rings (SSSR count). The molecule has 40 heavy (non-hydrogen) atoms. The van der Waals surface area contributed by atoms with E-state index in [9.17, 15) is 20.2 Å². The molecule has 0 saturated carbocycles. The number of ether oxygens (including phenoxy) is 2. The van der Waals surface area contributed by atoms with Crippen LogP contribution in [0, 0.1) is 20.2 Å². The standard InChI is InChI=1S/C29H31N5O6/c35-33(36)26-16-22-10-12-28(26)39-20-24-8-7-9-25(32-24)21-40-29-13-11-23(17-27(29)34(37)38)19-31-15-6-4-2-1-3-5-14-30-18-22/h7-13,16-19H,1-6,14-15,20-21H2. The number of pyridine rings is 1. The molecule has 0 fully saturated rings. The van der Waals surface area contributed by atoms with Crippen molar-refractivity contribution in [2.75, 3.05) is 13.1 Å². The third kappa shape index (κ3) is 8.42. The number of hydrogen-bond donors (Lipinski definition) is 0. The van der Waals surface area contributed by atoms with Gasteiger partial charge in [0.05, 0.1) is 21.2 Å². The van der Waals surface area contributed by atoms with Crippen LogP contribution in [0.1, 0.15) is 61.0 Å². The number of aromatic nitrogens is 1. The molecule has 208 valence electrons. The Morgan fingerprint density at radius 2 is 1.07 bits per heavy atom. The lowest BCUT2D eigenvalue weighted by atomic mass is 10.1. The van der Waals surface area contributed by atoms with Crippen LogP contribution in [0.2, 0.25) is 0 Å². The van der Waals surface area contributed by atoms with Crippen LogP contribution in [0.15, 0.2) is 64.6 Å². The summed E-state index contributed by atoms with van der Waals surface area (Å²) in [5.74, 6) is 0.254. The van der Waals surface area contributed by atoms with Crippen molar-refractivity contribution in [1.82, 2.24) is 4.98 Å². The number of benzene rings is 2. The van der Waals surface area contributed by atoms with E-state index in [1.165, 1.54) is 12.1 Å². The summed E-state index contributed by atoms with van der Waals surface area (Å²) in [5, 5.41) is 23.4. The van der Waals surface area contributed by atoms with E-state index in [0.29, 0.717) is 35.6 Å². The van der Waals surface area contributed by atoms with Gasteiger partial charge in [0, 0.05) is 37.7 Å². The van der Waals surface area contributed by atoms with Gasteiger partial charge in [0.1, 0.15) is 13.2 Å². The molecule has 0 saturated heterocycles. The molecule has 0 atom stereocenters. The first kappa shape index (κ1) is 28.3. The molecule has 11 nitrogen and oxygen atoms in total. The van der Waals surface area contributed by atoms with Crippen molar-refractivity contribution in [3.63, 3.8) is 0 Å². The summed E-state index contributed by atoms with van der Waals surface area (Å²) in [6.07, 6.45) is 9.52. The molecule has 3 aromatic rings. The van der Waals surface area contributed by atoms with Gasteiger partial charge in [0.2, 0.25) is 0 Å². The molecule has 0 radical (unpaired) electrons. The van der Waals surface area contributed by atoms with Crippen molar-refractivity contribution in [1.29, 1.82) is 0 Å². The van der Waals surface area contributed by atoms with Gasteiger partial charge < -0.3 is 9.47 Å². The fourth-order valence-corrected chi connectivity index (χ4v) is 4.21. The van der Waals surface area contributed by atoms with E-state index in [0.717, 1.165) is 38.5 Å². The number of rotatable bonds is 2. The van der Waals surface area contributed by atoms with Gasteiger partial charge >= 0.3 is 11.4 Å². The third-order valence-electron chi connectivity index (χ3n) is 6.28. The molecule has 3 aliphatic heterocycles. The highest BCUT2D eigenvalue weighted by molar-refractivity contribution is 5.82. The molecule has 11 heteroatoms. The van der Waals surface area contributed by atoms with E-state index >= 15 is 0 Å². The lowest BCUT2D eigenvalue weighted by Crippen LogP contribution is -2.05. The van der Waals surface area contributed by atoms with Crippen molar-refractivity contribution in [2.45, 2.75) is 51.7 Å². The Morgan fingerprint density at radius 3 is 1.52 bits per heavy atom. The third-order valence-corrected chi connectivity index (χ3v) is 6.28. The van der Waals surface area contributed by atoms with Gasteiger partial charge in [-0.2, -0.15) is 0 Å². The second kappa shape index (κ2) is 14.5. The van der Waals surface area contributed by atoms with E-state index in [4.69, 9.17) is 9.47 Å². The van der Waals surface area contributed by atoms with Crippen LogP contribution >= 0.6 is 0 Å². The van der Waals surface area contributed by atoms with E-state index in [-0.39, 0.29) is 36.1 Å². The fraction of sp³-hybridized carbons (Fsp3) is 0.345. The summed E-state index contributed by atoms with van der Waals surface area (Å²) in [7, 11) is 0. The van der Waals surface area contributed by atoms with Crippen LogP contribution in [-0.2, 0) is 13.2 Å². The topological polar surface area (TPSA) is 142 Å². The molecule has 0 unspecified atom stereocenters. The molecule has 1 aromatic heterocycles. The van der Waals surface area contributed by atoms with Crippen LogP contribution in [-0.4, -0.2) is 40.3 Å². The zero-order valence-corrected chi connectivity index (χ0v) is 22.1. The smallest absolute Gasteiger partial charge is 0.311 e. The first-order valence-corrected chi connectivity index (χ1v) is 13.3. The van der Waals surface area contributed by atoms with Crippen LogP contribution < -0.4 is 9.47 Å². The van der Waals surface area contributed by atoms with Crippen molar-refractivity contribution in [2.24, 2.45) is 9.98 Å². The predicted octanol–water partition coefficient (Wildman–Crippen LogP) is 6.25. The van der Waals surface area contributed by atoms with Crippen LogP contribution in [0.25, 0.3) is 0 Å². The maximum absolute atomic E-state index is 11.7. The summed E-state index contributed by atoms with van der Waals surface area (Å²) in [6, 6.07) is 14.7. The maximum atomic E-state index is 11.7. The average Bonchev–Trinajstić information content (AvgIpc) is 2.95. The normalized spacial score (nSPS) is 15.1. The Hall–Kier alpha value is -4.67. The van der Waals surface area contributed by atoms with Crippen LogP contribution in [0.4, 0.5) is 11.4 Å². The van der Waals surface area contributed by atoms with Gasteiger partial charge in [-0.25, -0.2) is 0 Å². The van der Waals surface area contributed by atoms with Crippen LogP contribution in [0.3, 0.4) is 0 Å². The summed E-state index contributed by atoms with van der Waals surface area (Å²) in [4.78, 5) is 35.7. The Kier molecular flexibility index (Phi) is 10.3. The minimum absolute atomic E-state index is 0.00368. The van der Waals surface area contributed by atoms with Gasteiger partial charge in [0.25, 0.3) is 0 Å². The van der Waals surface area contributed by atoms with Crippen LogP contribution in [0.5, 0.6) is 11.5 Å². The first-order chi connectivity index (χ1) is 19.5. The molecule has 0 aliphatic carbocycles. The minimum Gasteiger partial charge on any atom is -0.480 e.